The molecule has 2 aromatic heterocycles. The summed E-state index contributed by atoms with van der Waals surface area (Å²) in [6.07, 6.45) is 4.00. The molecule has 0 fully saturated rings. The van der Waals surface area contributed by atoms with Gasteiger partial charge in [0.05, 0.1) is 40.1 Å². The smallest absolute Gasteiger partial charge is 0.268 e. The van der Waals surface area contributed by atoms with Gasteiger partial charge in [-0.2, -0.15) is 0 Å². The van der Waals surface area contributed by atoms with E-state index in [4.69, 9.17) is 16.3 Å². The summed E-state index contributed by atoms with van der Waals surface area (Å²) in [5.41, 5.74) is 4.44. The average Bonchev–Trinajstić information content (AvgIpc) is 3.54. The summed E-state index contributed by atoms with van der Waals surface area (Å²) in [7, 11) is -2.23. The molecule has 0 spiro atoms. The van der Waals surface area contributed by atoms with Crippen molar-refractivity contribution in [3.8, 4) is 17.0 Å². The number of aromatic nitrogens is 3. The molecule has 0 amide bonds. The lowest BCUT2D eigenvalue weighted by Gasteiger charge is -2.13. The normalized spacial score (nSPS) is 12.8. The molecule has 1 aliphatic rings. The Morgan fingerprint density at radius 1 is 1.08 bits per heavy atom. The molecule has 0 unspecified atom stereocenters. The molecule has 0 radical (unpaired) electrons. The summed E-state index contributed by atoms with van der Waals surface area (Å²) in [6, 6.07) is 19.5. The SMILES string of the molecule is COc1cc2c(cc1Nc1ncc(Cl)c(-c3cn(S(=O)(=O)c4ccccc4)c4ccccc34)n1)NCC2. The minimum atomic E-state index is -3.85. The number of fused-ring (bicyclic) bond motifs is 2. The molecule has 186 valence electrons. The van der Waals surface area contributed by atoms with Gasteiger partial charge in [-0.15, -0.1) is 0 Å². The van der Waals surface area contributed by atoms with Crippen LogP contribution in [0.1, 0.15) is 5.56 Å². The molecule has 5 aromatic rings. The van der Waals surface area contributed by atoms with E-state index in [0.29, 0.717) is 44.6 Å². The lowest BCUT2D eigenvalue weighted by molar-refractivity contribution is 0.416. The zero-order valence-electron chi connectivity index (χ0n) is 19.8. The van der Waals surface area contributed by atoms with Crippen LogP contribution in [0.15, 0.2) is 84.0 Å². The van der Waals surface area contributed by atoms with E-state index >= 15 is 0 Å². The summed E-state index contributed by atoms with van der Waals surface area (Å²) in [5.74, 6) is 0.978. The second kappa shape index (κ2) is 9.10. The third-order valence-corrected chi connectivity index (χ3v) is 8.32. The van der Waals surface area contributed by atoms with Gasteiger partial charge in [0.25, 0.3) is 10.0 Å². The number of nitrogens with one attached hydrogen (secondary N) is 2. The Morgan fingerprint density at radius 3 is 2.68 bits per heavy atom. The number of anilines is 3. The first-order valence-electron chi connectivity index (χ1n) is 11.6. The molecule has 0 aliphatic carbocycles. The summed E-state index contributed by atoms with van der Waals surface area (Å²) < 4.78 is 33.9. The Labute approximate surface area is 219 Å². The monoisotopic (exact) mass is 531 g/mol. The van der Waals surface area contributed by atoms with E-state index in [1.807, 2.05) is 24.3 Å². The minimum absolute atomic E-state index is 0.191. The predicted octanol–water partition coefficient (Wildman–Crippen LogP) is 5.71. The van der Waals surface area contributed by atoms with Crippen LogP contribution in [0, 0.1) is 0 Å². The maximum absolute atomic E-state index is 13.5. The van der Waals surface area contributed by atoms with Crippen LogP contribution in [0.4, 0.5) is 17.3 Å². The summed E-state index contributed by atoms with van der Waals surface area (Å²) in [4.78, 5) is 9.23. The number of halogens is 1. The molecule has 0 saturated carbocycles. The van der Waals surface area contributed by atoms with Crippen LogP contribution in [0.25, 0.3) is 22.2 Å². The van der Waals surface area contributed by atoms with Crippen molar-refractivity contribution in [2.24, 2.45) is 0 Å². The molecule has 0 bridgehead atoms. The number of ether oxygens (including phenoxy) is 1. The Bertz CT molecular complexity index is 1750. The van der Waals surface area contributed by atoms with Crippen LogP contribution < -0.4 is 15.4 Å². The lowest BCUT2D eigenvalue weighted by atomic mass is 10.1. The van der Waals surface area contributed by atoms with Gasteiger partial charge >= 0.3 is 0 Å². The zero-order valence-corrected chi connectivity index (χ0v) is 21.3. The van der Waals surface area contributed by atoms with E-state index in [9.17, 15) is 8.42 Å². The molecule has 37 heavy (non-hydrogen) atoms. The van der Waals surface area contributed by atoms with Gasteiger partial charge in [0.2, 0.25) is 5.95 Å². The number of hydrogen-bond donors (Lipinski definition) is 2. The van der Waals surface area contributed by atoms with Gasteiger partial charge in [-0.1, -0.05) is 48.0 Å². The van der Waals surface area contributed by atoms with Crippen molar-refractivity contribution in [3.05, 3.63) is 89.7 Å². The van der Waals surface area contributed by atoms with Crippen LogP contribution in [0.5, 0.6) is 5.75 Å². The van der Waals surface area contributed by atoms with Crippen molar-refractivity contribution in [1.29, 1.82) is 0 Å². The first-order chi connectivity index (χ1) is 18.0. The lowest BCUT2D eigenvalue weighted by Crippen LogP contribution is -2.11. The second-order valence-electron chi connectivity index (χ2n) is 8.58. The molecule has 10 heteroatoms. The highest BCUT2D eigenvalue weighted by molar-refractivity contribution is 7.90. The quantitative estimate of drug-likeness (QED) is 0.289. The maximum Gasteiger partial charge on any atom is 0.268 e. The fraction of sp³-hybridized carbons (Fsp3) is 0.111. The first kappa shape index (κ1) is 23.3. The van der Waals surface area contributed by atoms with Crippen LogP contribution in [-0.4, -0.2) is 36.0 Å². The van der Waals surface area contributed by atoms with E-state index < -0.39 is 10.0 Å². The van der Waals surface area contributed by atoms with E-state index in [0.717, 1.165) is 18.7 Å². The number of methoxy groups -OCH3 is 1. The maximum atomic E-state index is 13.5. The van der Waals surface area contributed by atoms with Crippen molar-refractivity contribution in [2.45, 2.75) is 11.3 Å². The Balaban J connectivity index is 1.46. The third kappa shape index (κ3) is 4.06. The van der Waals surface area contributed by atoms with Crippen molar-refractivity contribution in [2.75, 3.05) is 24.3 Å². The predicted molar refractivity (Wildman–Crippen MR) is 145 cm³/mol. The molecular weight excluding hydrogens is 510 g/mol. The Kier molecular flexibility index (Phi) is 5.73. The van der Waals surface area contributed by atoms with Crippen LogP contribution in [0.3, 0.4) is 0 Å². The molecule has 2 N–H and O–H groups in total. The van der Waals surface area contributed by atoms with Crippen molar-refractivity contribution in [1.82, 2.24) is 13.9 Å². The molecule has 0 atom stereocenters. The second-order valence-corrected chi connectivity index (χ2v) is 10.8. The highest BCUT2D eigenvalue weighted by atomic mass is 35.5. The summed E-state index contributed by atoms with van der Waals surface area (Å²) >= 11 is 6.56. The van der Waals surface area contributed by atoms with Gasteiger partial charge in [-0.3, -0.25) is 0 Å². The van der Waals surface area contributed by atoms with Crippen molar-refractivity contribution in [3.63, 3.8) is 0 Å². The van der Waals surface area contributed by atoms with Gasteiger partial charge in [-0.05, 0) is 42.3 Å². The summed E-state index contributed by atoms with van der Waals surface area (Å²) in [5, 5.41) is 7.59. The third-order valence-electron chi connectivity index (χ3n) is 6.36. The minimum Gasteiger partial charge on any atom is -0.495 e. The van der Waals surface area contributed by atoms with E-state index in [1.54, 1.807) is 55.8 Å². The molecule has 0 saturated heterocycles. The van der Waals surface area contributed by atoms with Gasteiger partial charge < -0.3 is 15.4 Å². The van der Waals surface area contributed by atoms with Gasteiger partial charge in [-0.25, -0.2) is 22.4 Å². The molecule has 6 rings (SSSR count). The molecule has 8 nitrogen and oxygen atoms in total. The average molecular weight is 532 g/mol. The Morgan fingerprint density at radius 2 is 1.86 bits per heavy atom. The van der Waals surface area contributed by atoms with Gasteiger partial charge in [0.15, 0.2) is 0 Å². The van der Waals surface area contributed by atoms with Gasteiger partial charge in [0.1, 0.15) is 5.75 Å². The van der Waals surface area contributed by atoms with Gasteiger partial charge in [0, 0.05) is 29.4 Å². The number of benzene rings is 3. The van der Waals surface area contributed by atoms with Crippen LogP contribution in [-0.2, 0) is 16.4 Å². The molecular formula is C27H22ClN5O3S. The largest absolute Gasteiger partial charge is 0.495 e. The number of nitrogens with zero attached hydrogens (tertiary/aromatic N) is 3. The van der Waals surface area contributed by atoms with Crippen LogP contribution in [0.2, 0.25) is 5.02 Å². The summed E-state index contributed by atoms with van der Waals surface area (Å²) in [6.45, 7) is 0.874. The highest BCUT2D eigenvalue weighted by Crippen LogP contribution is 2.38. The zero-order chi connectivity index (χ0) is 25.6. The van der Waals surface area contributed by atoms with Crippen molar-refractivity contribution >= 4 is 49.9 Å². The Hall–Kier alpha value is -4.08. The fourth-order valence-electron chi connectivity index (χ4n) is 4.57. The highest BCUT2D eigenvalue weighted by Gasteiger charge is 2.23. The number of rotatable bonds is 6. The standard InChI is InChI=1S/C27H22ClN5O3S/c1-36-25-13-17-11-12-29-22(17)14-23(25)31-27-30-15-21(28)26(32-27)20-16-33(24-10-6-5-9-19(20)24)37(34,35)18-7-3-2-4-8-18/h2-10,13-16,29H,11-12H2,1H3,(H,30,31,32). The first-order valence-corrected chi connectivity index (χ1v) is 13.4. The van der Waals surface area contributed by atoms with Crippen LogP contribution >= 0.6 is 11.6 Å². The molecule has 3 heterocycles. The van der Waals surface area contributed by atoms with E-state index in [-0.39, 0.29) is 4.90 Å². The van der Waals surface area contributed by atoms with E-state index in [1.165, 1.54) is 15.7 Å². The topological polar surface area (TPSA) is 98.1 Å². The molecule has 1 aliphatic heterocycles. The number of hydrogen-bond acceptors (Lipinski definition) is 7. The fourth-order valence-corrected chi connectivity index (χ4v) is 6.16. The van der Waals surface area contributed by atoms with E-state index in [2.05, 4.69) is 20.6 Å². The van der Waals surface area contributed by atoms with Crippen molar-refractivity contribution < 1.29 is 13.2 Å². The number of para-hydroxylation sites is 1. The molecule has 3 aromatic carbocycles.